The van der Waals surface area contributed by atoms with E-state index in [1.165, 1.54) is 75.0 Å². The highest BCUT2D eigenvalue weighted by Crippen LogP contribution is 2.20. The van der Waals surface area contributed by atoms with E-state index in [0.717, 1.165) is 10.7 Å². The van der Waals surface area contributed by atoms with Gasteiger partial charge in [-0.1, -0.05) is 51.2 Å². The molecule has 10 heteroatoms. The van der Waals surface area contributed by atoms with E-state index in [2.05, 4.69) is 22.4 Å². The van der Waals surface area contributed by atoms with Crippen LogP contribution in [0.25, 0.3) is 11.4 Å². The van der Waals surface area contributed by atoms with Gasteiger partial charge in [-0.3, -0.25) is 4.79 Å². The van der Waals surface area contributed by atoms with Crippen molar-refractivity contribution in [2.75, 3.05) is 20.7 Å². The normalized spacial score (nSPS) is 11.7. The topological polar surface area (TPSA) is 107 Å². The van der Waals surface area contributed by atoms with Crippen molar-refractivity contribution in [1.82, 2.24) is 24.5 Å². The minimum Gasteiger partial charge on any atom is -0.486 e. The summed E-state index contributed by atoms with van der Waals surface area (Å²) in [4.78, 5) is 12.7. The molecule has 3 aromatic rings. The van der Waals surface area contributed by atoms with Crippen LogP contribution >= 0.6 is 0 Å². The summed E-state index contributed by atoms with van der Waals surface area (Å²) in [5.74, 6) is 0.826. The Balaban J connectivity index is 1.50. The molecule has 0 N–H and O–H groups in total. The lowest BCUT2D eigenvalue weighted by Crippen LogP contribution is -2.22. The quantitative estimate of drug-likeness (QED) is 0.281. The average molecular weight is 514 g/mol. The highest BCUT2D eigenvalue weighted by atomic mass is 32.2. The summed E-state index contributed by atoms with van der Waals surface area (Å²) in [6.45, 7) is 2.07. The van der Waals surface area contributed by atoms with Crippen LogP contribution in [-0.2, 0) is 27.8 Å². The standard InChI is InChI=1S/C26H35N5O4S/c1-4-5-6-7-8-9-10-21-11-15-24(16-12-21)35-20-23(32)19-31-26(27-28-29-31)22-13-17-25(18-14-22)36(33,34)30(2)3/h11-18H,4-10,19-20H2,1-3H3. The highest BCUT2D eigenvalue weighted by molar-refractivity contribution is 7.89. The molecule has 1 heterocycles. The van der Waals surface area contributed by atoms with Gasteiger partial charge >= 0.3 is 0 Å². The predicted octanol–water partition coefficient (Wildman–Crippen LogP) is 4.14. The number of carbonyl (C=O) groups is 1. The van der Waals surface area contributed by atoms with Gasteiger partial charge in [-0.05, 0) is 65.2 Å². The van der Waals surface area contributed by atoms with Gasteiger partial charge in [0.1, 0.15) is 18.9 Å². The highest BCUT2D eigenvalue weighted by Gasteiger charge is 2.18. The van der Waals surface area contributed by atoms with E-state index in [9.17, 15) is 13.2 Å². The van der Waals surface area contributed by atoms with Crippen molar-refractivity contribution >= 4 is 15.8 Å². The average Bonchev–Trinajstić information content (AvgIpc) is 3.33. The van der Waals surface area contributed by atoms with Crippen LogP contribution in [0.15, 0.2) is 53.4 Å². The number of ketones is 1. The van der Waals surface area contributed by atoms with E-state index in [1.54, 1.807) is 12.1 Å². The second-order valence-electron chi connectivity index (χ2n) is 8.96. The van der Waals surface area contributed by atoms with Gasteiger partial charge in [0.15, 0.2) is 11.6 Å². The number of nitrogens with zero attached hydrogens (tertiary/aromatic N) is 5. The number of sulfonamides is 1. The third-order valence-corrected chi connectivity index (χ3v) is 7.72. The molecule has 2 aromatic carbocycles. The van der Waals surface area contributed by atoms with Gasteiger partial charge in [-0.25, -0.2) is 17.4 Å². The Morgan fingerprint density at radius 1 is 0.944 bits per heavy atom. The van der Waals surface area contributed by atoms with Crippen LogP contribution in [-0.4, -0.2) is 59.4 Å². The second kappa shape index (κ2) is 13.3. The van der Waals surface area contributed by atoms with Crippen molar-refractivity contribution in [1.29, 1.82) is 0 Å². The zero-order chi connectivity index (χ0) is 26.0. The number of hydrogen-bond acceptors (Lipinski definition) is 7. The number of aryl methyl sites for hydroxylation is 1. The first-order valence-corrected chi connectivity index (χ1v) is 13.8. The minimum atomic E-state index is -3.53. The Morgan fingerprint density at radius 2 is 1.61 bits per heavy atom. The lowest BCUT2D eigenvalue weighted by molar-refractivity contribution is -0.121. The summed E-state index contributed by atoms with van der Waals surface area (Å²) in [5.41, 5.74) is 1.87. The van der Waals surface area contributed by atoms with E-state index in [-0.39, 0.29) is 23.8 Å². The fraction of sp³-hybridized carbons (Fsp3) is 0.462. The van der Waals surface area contributed by atoms with Gasteiger partial charge in [0.2, 0.25) is 10.0 Å². The second-order valence-corrected chi connectivity index (χ2v) is 11.1. The molecule has 0 bridgehead atoms. The number of benzene rings is 2. The van der Waals surface area contributed by atoms with Gasteiger partial charge < -0.3 is 4.74 Å². The van der Waals surface area contributed by atoms with Crippen molar-refractivity contribution in [2.24, 2.45) is 0 Å². The summed E-state index contributed by atoms with van der Waals surface area (Å²) >= 11 is 0. The largest absolute Gasteiger partial charge is 0.486 e. The third-order valence-electron chi connectivity index (χ3n) is 5.89. The molecule has 0 aliphatic rings. The first-order valence-electron chi connectivity index (χ1n) is 12.3. The fourth-order valence-corrected chi connectivity index (χ4v) is 4.64. The molecule has 36 heavy (non-hydrogen) atoms. The maximum absolute atomic E-state index is 12.5. The molecular weight excluding hydrogens is 478 g/mol. The lowest BCUT2D eigenvalue weighted by atomic mass is 10.0. The maximum atomic E-state index is 12.5. The fourth-order valence-electron chi connectivity index (χ4n) is 3.74. The SMILES string of the molecule is CCCCCCCCc1ccc(OCC(=O)Cn2nnnc2-c2ccc(S(=O)(=O)N(C)C)cc2)cc1. The van der Waals surface area contributed by atoms with Crippen LogP contribution in [0.2, 0.25) is 0 Å². The maximum Gasteiger partial charge on any atom is 0.242 e. The van der Waals surface area contributed by atoms with Gasteiger partial charge in [0.25, 0.3) is 0 Å². The Morgan fingerprint density at radius 3 is 2.28 bits per heavy atom. The van der Waals surface area contributed by atoms with Gasteiger partial charge in [0, 0.05) is 19.7 Å². The summed E-state index contributed by atoms with van der Waals surface area (Å²) < 4.78 is 32.7. The molecule has 3 rings (SSSR count). The molecule has 194 valence electrons. The number of Topliss-reactive ketones (excluding diaryl/α,β-unsaturated/α-hetero) is 1. The van der Waals surface area contributed by atoms with E-state index in [1.807, 2.05) is 24.3 Å². The predicted molar refractivity (Wildman–Crippen MR) is 138 cm³/mol. The van der Waals surface area contributed by atoms with Crippen molar-refractivity contribution < 1.29 is 17.9 Å². The zero-order valence-corrected chi connectivity index (χ0v) is 22.1. The monoisotopic (exact) mass is 513 g/mol. The van der Waals surface area contributed by atoms with Gasteiger partial charge in [0.05, 0.1) is 4.90 Å². The molecule has 0 radical (unpaired) electrons. The van der Waals surface area contributed by atoms with Crippen LogP contribution in [0.1, 0.15) is 51.0 Å². The molecule has 9 nitrogen and oxygen atoms in total. The lowest BCUT2D eigenvalue weighted by Gasteiger charge is -2.11. The molecular formula is C26H35N5O4S. The number of aromatic nitrogens is 4. The van der Waals surface area contributed by atoms with Crippen LogP contribution in [0, 0.1) is 0 Å². The first kappa shape index (κ1) is 27.5. The molecule has 0 atom stereocenters. The molecule has 1 aromatic heterocycles. The Bertz CT molecular complexity index is 1210. The number of ether oxygens (including phenoxy) is 1. The number of carbonyl (C=O) groups excluding carboxylic acids is 1. The van der Waals surface area contributed by atoms with Crippen LogP contribution in [0.5, 0.6) is 5.75 Å². The molecule has 0 aliphatic heterocycles. The third kappa shape index (κ3) is 7.69. The van der Waals surface area contributed by atoms with Crippen molar-refractivity contribution in [2.45, 2.75) is 63.3 Å². The van der Waals surface area contributed by atoms with E-state index in [4.69, 9.17) is 4.74 Å². The molecule has 0 fully saturated rings. The summed E-state index contributed by atoms with van der Waals surface area (Å²) in [6.07, 6.45) is 8.68. The van der Waals surface area contributed by atoms with Crippen LogP contribution < -0.4 is 4.74 Å². The molecule has 0 unspecified atom stereocenters. The Hall–Kier alpha value is -3.11. The number of tetrazole rings is 1. The van der Waals surface area contributed by atoms with Gasteiger partial charge in [-0.15, -0.1) is 5.10 Å². The van der Waals surface area contributed by atoms with E-state index < -0.39 is 10.0 Å². The summed E-state index contributed by atoms with van der Waals surface area (Å²) in [6, 6.07) is 14.1. The van der Waals surface area contributed by atoms with Crippen LogP contribution in [0.3, 0.4) is 0 Å². The smallest absolute Gasteiger partial charge is 0.242 e. The first-order chi connectivity index (χ1) is 17.3. The zero-order valence-electron chi connectivity index (χ0n) is 21.3. The van der Waals surface area contributed by atoms with E-state index in [0.29, 0.717) is 17.1 Å². The molecule has 0 saturated heterocycles. The minimum absolute atomic E-state index is 0.0593. The Kier molecular flexibility index (Phi) is 10.1. The number of hydrogen-bond donors (Lipinski definition) is 0. The molecule has 0 saturated carbocycles. The van der Waals surface area contributed by atoms with Crippen LogP contribution in [0.4, 0.5) is 0 Å². The molecule has 0 amide bonds. The van der Waals surface area contributed by atoms with Crippen molar-refractivity contribution in [3.63, 3.8) is 0 Å². The van der Waals surface area contributed by atoms with Gasteiger partial charge in [-0.2, -0.15) is 0 Å². The van der Waals surface area contributed by atoms with Crippen molar-refractivity contribution in [3.8, 4) is 17.1 Å². The number of rotatable bonds is 15. The summed E-state index contributed by atoms with van der Waals surface area (Å²) in [5, 5.41) is 11.6. The molecule has 0 spiro atoms. The van der Waals surface area contributed by atoms with E-state index >= 15 is 0 Å². The Labute approximate surface area is 213 Å². The number of unbranched alkanes of at least 4 members (excludes halogenated alkanes) is 5. The molecule has 0 aliphatic carbocycles. The van der Waals surface area contributed by atoms with Crippen molar-refractivity contribution in [3.05, 3.63) is 54.1 Å². The summed E-state index contributed by atoms with van der Waals surface area (Å²) in [7, 11) is -0.584.